The molecule has 1 aromatic heterocycles. The van der Waals surface area contributed by atoms with Crippen molar-refractivity contribution >= 4 is 21.8 Å². The van der Waals surface area contributed by atoms with E-state index in [1.165, 1.54) is 0 Å². The lowest BCUT2D eigenvalue weighted by atomic mass is 10.2. The van der Waals surface area contributed by atoms with Gasteiger partial charge in [-0.05, 0) is 37.2 Å². The molecule has 0 aliphatic carbocycles. The topological polar surface area (TPSA) is 59.0 Å². The molecular weight excluding hydrogens is 320 g/mol. The maximum atomic E-state index is 12.1. The molecule has 1 amide bonds. The number of rotatable bonds is 3. The monoisotopic (exact) mass is 334 g/mol. The van der Waals surface area contributed by atoms with Crippen molar-refractivity contribution in [1.82, 2.24) is 20.4 Å². The molecular formula is C14H15BrN4O. The molecule has 1 aliphatic heterocycles. The summed E-state index contributed by atoms with van der Waals surface area (Å²) >= 11 is 3.40. The van der Waals surface area contributed by atoms with Gasteiger partial charge in [-0.25, -0.2) is 4.68 Å². The molecule has 104 valence electrons. The third kappa shape index (κ3) is 2.91. The second-order valence-electron chi connectivity index (χ2n) is 4.81. The molecule has 1 saturated heterocycles. The van der Waals surface area contributed by atoms with E-state index < -0.39 is 0 Å². The SMILES string of the molecule is O=C(NC1CCNC1)c1cnn(-c2ccc(Br)cc2)c1. The Morgan fingerprint density at radius 1 is 1.40 bits per heavy atom. The van der Waals surface area contributed by atoms with E-state index in [2.05, 4.69) is 31.7 Å². The van der Waals surface area contributed by atoms with Crippen molar-refractivity contribution in [2.75, 3.05) is 13.1 Å². The quantitative estimate of drug-likeness (QED) is 0.898. The average Bonchev–Trinajstić information content (AvgIpc) is 3.10. The fraction of sp³-hybridized carbons (Fsp3) is 0.286. The Balaban J connectivity index is 1.72. The summed E-state index contributed by atoms with van der Waals surface area (Å²) in [6, 6.07) is 8.00. The molecule has 2 N–H and O–H groups in total. The van der Waals surface area contributed by atoms with E-state index in [4.69, 9.17) is 0 Å². The van der Waals surface area contributed by atoms with Crippen LogP contribution in [0.5, 0.6) is 0 Å². The number of hydrogen-bond donors (Lipinski definition) is 2. The maximum absolute atomic E-state index is 12.1. The fourth-order valence-corrected chi connectivity index (χ4v) is 2.49. The highest BCUT2D eigenvalue weighted by molar-refractivity contribution is 9.10. The van der Waals surface area contributed by atoms with Crippen LogP contribution in [0, 0.1) is 0 Å². The number of halogens is 1. The van der Waals surface area contributed by atoms with Gasteiger partial charge in [0.1, 0.15) is 0 Å². The highest BCUT2D eigenvalue weighted by Gasteiger charge is 2.18. The second kappa shape index (κ2) is 5.76. The predicted molar refractivity (Wildman–Crippen MR) is 80.0 cm³/mol. The van der Waals surface area contributed by atoms with Gasteiger partial charge in [-0.1, -0.05) is 15.9 Å². The molecule has 2 aromatic rings. The lowest BCUT2D eigenvalue weighted by molar-refractivity contribution is 0.0940. The fourth-order valence-electron chi connectivity index (χ4n) is 2.22. The van der Waals surface area contributed by atoms with Gasteiger partial charge in [-0.15, -0.1) is 0 Å². The van der Waals surface area contributed by atoms with E-state index in [1.807, 2.05) is 24.3 Å². The molecule has 1 fully saturated rings. The smallest absolute Gasteiger partial charge is 0.254 e. The molecule has 0 bridgehead atoms. The van der Waals surface area contributed by atoms with Crippen LogP contribution in [-0.4, -0.2) is 34.8 Å². The number of hydrogen-bond acceptors (Lipinski definition) is 3. The summed E-state index contributed by atoms with van der Waals surface area (Å²) in [5.74, 6) is -0.0675. The number of benzene rings is 1. The molecule has 1 unspecified atom stereocenters. The van der Waals surface area contributed by atoms with E-state index in [9.17, 15) is 4.79 Å². The number of nitrogens with one attached hydrogen (secondary N) is 2. The molecule has 3 rings (SSSR count). The third-order valence-corrected chi connectivity index (χ3v) is 3.86. The van der Waals surface area contributed by atoms with E-state index in [1.54, 1.807) is 17.1 Å². The molecule has 1 atom stereocenters. The first kappa shape index (κ1) is 13.3. The molecule has 6 heteroatoms. The lowest BCUT2D eigenvalue weighted by Crippen LogP contribution is -2.36. The Kier molecular flexibility index (Phi) is 3.84. The number of aromatic nitrogens is 2. The minimum absolute atomic E-state index is 0.0675. The largest absolute Gasteiger partial charge is 0.348 e. The van der Waals surface area contributed by atoms with Crippen LogP contribution in [0.4, 0.5) is 0 Å². The number of carbonyl (C=O) groups is 1. The Morgan fingerprint density at radius 2 is 2.20 bits per heavy atom. The third-order valence-electron chi connectivity index (χ3n) is 3.33. The van der Waals surface area contributed by atoms with Crippen LogP contribution in [0.15, 0.2) is 41.1 Å². The van der Waals surface area contributed by atoms with Gasteiger partial charge < -0.3 is 10.6 Å². The number of carbonyl (C=O) groups excluding carboxylic acids is 1. The zero-order valence-electron chi connectivity index (χ0n) is 10.8. The summed E-state index contributed by atoms with van der Waals surface area (Å²) in [5.41, 5.74) is 1.51. The average molecular weight is 335 g/mol. The van der Waals surface area contributed by atoms with Crippen molar-refractivity contribution in [3.63, 3.8) is 0 Å². The van der Waals surface area contributed by atoms with Gasteiger partial charge in [-0.2, -0.15) is 5.10 Å². The minimum Gasteiger partial charge on any atom is -0.348 e. The predicted octanol–water partition coefficient (Wildman–Crippen LogP) is 1.73. The van der Waals surface area contributed by atoms with Crippen LogP contribution in [0.3, 0.4) is 0 Å². The first-order valence-electron chi connectivity index (χ1n) is 6.54. The highest BCUT2D eigenvalue weighted by Crippen LogP contribution is 2.14. The summed E-state index contributed by atoms with van der Waals surface area (Å²) in [6.45, 7) is 1.80. The van der Waals surface area contributed by atoms with Crippen LogP contribution in [0.2, 0.25) is 0 Å². The van der Waals surface area contributed by atoms with E-state index in [0.717, 1.165) is 29.7 Å². The van der Waals surface area contributed by atoms with Crippen LogP contribution >= 0.6 is 15.9 Å². The van der Waals surface area contributed by atoms with E-state index in [-0.39, 0.29) is 11.9 Å². The minimum atomic E-state index is -0.0675. The van der Waals surface area contributed by atoms with Crippen molar-refractivity contribution in [3.05, 3.63) is 46.7 Å². The normalized spacial score (nSPS) is 18.1. The molecule has 1 aliphatic rings. The highest BCUT2D eigenvalue weighted by atomic mass is 79.9. The summed E-state index contributed by atoms with van der Waals surface area (Å²) in [4.78, 5) is 12.1. The Labute approximate surface area is 125 Å². The second-order valence-corrected chi connectivity index (χ2v) is 5.73. The van der Waals surface area contributed by atoms with Gasteiger partial charge in [-0.3, -0.25) is 4.79 Å². The number of nitrogens with zero attached hydrogens (tertiary/aromatic N) is 2. The first-order chi connectivity index (χ1) is 9.72. The van der Waals surface area contributed by atoms with Gasteiger partial charge in [0.15, 0.2) is 0 Å². The molecule has 1 aromatic carbocycles. The van der Waals surface area contributed by atoms with Crippen molar-refractivity contribution in [1.29, 1.82) is 0 Å². The van der Waals surface area contributed by atoms with Crippen LogP contribution in [0.1, 0.15) is 16.8 Å². The molecule has 20 heavy (non-hydrogen) atoms. The van der Waals surface area contributed by atoms with Crippen molar-refractivity contribution in [2.45, 2.75) is 12.5 Å². The first-order valence-corrected chi connectivity index (χ1v) is 7.34. The summed E-state index contributed by atoms with van der Waals surface area (Å²) in [7, 11) is 0. The van der Waals surface area contributed by atoms with Crippen molar-refractivity contribution in [3.8, 4) is 5.69 Å². The summed E-state index contributed by atoms with van der Waals surface area (Å²) < 4.78 is 2.72. The zero-order chi connectivity index (χ0) is 13.9. The molecule has 0 spiro atoms. The Bertz CT molecular complexity index is 602. The van der Waals surface area contributed by atoms with Crippen molar-refractivity contribution < 1.29 is 4.79 Å². The van der Waals surface area contributed by atoms with E-state index in [0.29, 0.717) is 5.56 Å². The summed E-state index contributed by atoms with van der Waals surface area (Å²) in [6.07, 6.45) is 4.33. The zero-order valence-corrected chi connectivity index (χ0v) is 12.4. The molecule has 0 saturated carbocycles. The van der Waals surface area contributed by atoms with Crippen LogP contribution < -0.4 is 10.6 Å². The lowest BCUT2D eigenvalue weighted by Gasteiger charge is -2.09. The van der Waals surface area contributed by atoms with Gasteiger partial charge in [0.25, 0.3) is 5.91 Å². The molecule has 0 radical (unpaired) electrons. The standard InChI is InChI=1S/C14H15BrN4O/c15-11-1-3-13(4-2-11)19-9-10(7-17-19)14(20)18-12-5-6-16-8-12/h1-4,7,9,12,16H,5-6,8H2,(H,18,20). The van der Waals surface area contributed by atoms with Gasteiger partial charge in [0.2, 0.25) is 0 Å². The van der Waals surface area contributed by atoms with Gasteiger partial charge in [0, 0.05) is 23.3 Å². The van der Waals surface area contributed by atoms with E-state index >= 15 is 0 Å². The number of amides is 1. The molecule has 2 heterocycles. The van der Waals surface area contributed by atoms with Gasteiger partial charge >= 0.3 is 0 Å². The van der Waals surface area contributed by atoms with Gasteiger partial charge in [0.05, 0.1) is 17.4 Å². The Hall–Kier alpha value is -1.66. The van der Waals surface area contributed by atoms with Crippen LogP contribution in [0.25, 0.3) is 5.69 Å². The molecule has 5 nitrogen and oxygen atoms in total. The Morgan fingerprint density at radius 3 is 2.90 bits per heavy atom. The van der Waals surface area contributed by atoms with Crippen molar-refractivity contribution in [2.24, 2.45) is 0 Å². The van der Waals surface area contributed by atoms with Crippen LogP contribution in [-0.2, 0) is 0 Å². The summed E-state index contributed by atoms with van der Waals surface area (Å²) in [5, 5.41) is 10.5. The maximum Gasteiger partial charge on any atom is 0.254 e.